The second-order valence-electron chi connectivity index (χ2n) is 6.69. The molecular weight excluding hydrogens is 451 g/mol. The first-order valence-corrected chi connectivity index (χ1v) is 9.39. The van der Waals surface area contributed by atoms with E-state index in [1.165, 1.54) is 18.4 Å². The molecule has 1 aliphatic carbocycles. The van der Waals surface area contributed by atoms with Crippen molar-refractivity contribution < 1.29 is 4.74 Å². The fraction of sp³-hybridized carbons (Fsp3) is 0.429. The molecule has 1 unspecified atom stereocenters. The number of benzene rings is 1. The molecule has 1 saturated carbocycles. The van der Waals surface area contributed by atoms with Crippen molar-refractivity contribution in [1.29, 1.82) is 0 Å². The Kier molecular flexibility index (Phi) is 8.84. The summed E-state index contributed by atoms with van der Waals surface area (Å²) >= 11 is 0. The molecule has 0 radical (unpaired) electrons. The summed E-state index contributed by atoms with van der Waals surface area (Å²) in [6.07, 6.45) is 6.85. The number of nitrogens with zero attached hydrogens (tertiary/aromatic N) is 2. The number of pyridine rings is 1. The Morgan fingerprint density at radius 3 is 2.63 bits per heavy atom. The van der Waals surface area contributed by atoms with Gasteiger partial charge in [0.1, 0.15) is 6.10 Å². The molecule has 0 amide bonds. The second-order valence-corrected chi connectivity index (χ2v) is 6.69. The van der Waals surface area contributed by atoms with Crippen LogP contribution in [0.3, 0.4) is 0 Å². The molecule has 27 heavy (non-hydrogen) atoms. The molecule has 5 nitrogen and oxygen atoms in total. The largest absolute Gasteiger partial charge is 0.474 e. The van der Waals surface area contributed by atoms with E-state index in [0.29, 0.717) is 12.6 Å². The Morgan fingerprint density at radius 1 is 1.19 bits per heavy atom. The van der Waals surface area contributed by atoms with Crippen LogP contribution in [0, 0.1) is 0 Å². The van der Waals surface area contributed by atoms with Crippen LogP contribution in [0.2, 0.25) is 0 Å². The SMILES string of the molecule is CN=C(NCc1cccnc1OC1CCCC1)NC(C)c1ccccc1.I. The third-order valence-electron chi connectivity index (χ3n) is 4.75. The second kappa shape index (κ2) is 11.1. The molecular formula is C21H29IN4O. The van der Waals surface area contributed by atoms with Crippen LogP contribution in [-0.4, -0.2) is 24.1 Å². The van der Waals surface area contributed by atoms with E-state index >= 15 is 0 Å². The third kappa shape index (κ3) is 6.37. The van der Waals surface area contributed by atoms with E-state index in [-0.39, 0.29) is 30.0 Å². The maximum Gasteiger partial charge on any atom is 0.218 e. The van der Waals surface area contributed by atoms with E-state index in [2.05, 4.69) is 45.7 Å². The van der Waals surface area contributed by atoms with Crippen LogP contribution in [-0.2, 0) is 6.54 Å². The van der Waals surface area contributed by atoms with Gasteiger partial charge in [-0.3, -0.25) is 4.99 Å². The minimum atomic E-state index is 0. The number of hydrogen-bond acceptors (Lipinski definition) is 3. The third-order valence-corrected chi connectivity index (χ3v) is 4.75. The topological polar surface area (TPSA) is 58.5 Å². The summed E-state index contributed by atoms with van der Waals surface area (Å²) in [5.41, 5.74) is 2.27. The van der Waals surface area contributed by atoms with Crippen LogP contribution in [0.1, 0.15) is 49.8 Å². The van der Waals surface area contributed by atoms with E-state index in [9.17, 15) is 0 Å². The molecule has 1 aliphatic rings. The highest BCUT2D eigenvalue weighted by molar-refractivity contribution is 14.0. The fourth-order valence-corrected chi connectivity index (χ4v) is 3.23. The Bertz CT molecular complexity index is 717. The normalized spacial score (nSPS) is 15.7. The lowest BCUT2D eigenvalue weighted by Gasteiger charge is -2.19. The van der Waals surface area contributed by atoms with E-state index in [0.717, 1.165) is 30.2 Å². The minimum Gasteiger partial charge on any atom is -0.474 e. The van der Waals surface area contributed by atoms with Crippen molar-refractivity contribution in [2.75, 3.05) is 7.05 Å². The van der Waals surface area contributed by atoms with Crippen molar-refractivity contribution in [3.05, 3.63) is 59.8 Å². The summed E-state index contributed by atoms with van der Waals surface area (Å²) in [5, 5.41) is 6.79. The van der Waals surface area contributed by atoms with Gasteiger partial charge < -0.3 is 15.4 Å². The van der Waals surface area contributed by atoms with Gasteiger partial charge in [-0.15, -0.1) is 24.0 Å². The molecule has 3 rings (SSSR count). The van der Waals surface area contributed by atoms with Gasteiger partial charge in [0.2, 0.25) is 5.88 Å². The summed E-state index contributed by atoms with van der Waals surface area (Å²) in [6, 6.07) is 14.5. The summed E-state index contributed by atoms with van der Waals surface area (Å²) in [7, 11) is 1.78. The highest BCUT2D eigenvalue weighted by atomic mass is 127. The summed E-state index contributed by atoms with van der Waals surface area (Å²) < 4.78 is 6.11. The van der Waals surface area contributed by atoms with Crippen molar-refractivity contribution in [3.63, 3.8) is 0 Å². The molecule has 1 aromatic carbocycles. The van der Waals surface area contributed by atoms with Crippen molar-refractivity contribution in [3.8, 4) is 5.88 Å². The predicted octanol–water partition coefficient (Wildman–Crippen LogP) is 4.45. The number of aliphatic imine (C=N–C) groups is 1. The number of ether oxygens (including phenoxy) is 1. The molecule has 0 bridgehead atoms. The highest BCUT2D eigenvalue weighted by Gasteiger charge is 2.18. The molecule has 1 aromatic heterocycles. The zero-order valence-corrected chi connectivity index (χ0v) is 18.4. The van der Waals surface area contributed by atoms with Crippen LogP contribution in [0.4, 0.5) is 0 Å². The van der Waals surface area contributed by atoms with Crippen LogP contribution in [0.5, 0.6) is 5.88 Å². The quantitative estimate of drug-likeness (QED) is 0.365. The Hall–Kier alpha value is -1.83. The smallest absolute Gasteiger partial charge is 0.218 e. The monoisotopic (exact) mass is 480 g/mol. The zero-order valence-electron chi connectivity index (χ0n) is 16.0. The van der Waals surface area contributed by atoms with E-state index in [1.807, 2.05) is 24.3 Å². The van der Waals surface area contributed by atoms with Crippen molar-refractivity contribution >= 4 is 29.9 Å². The molecule has 0 spiro atoms. The molecule has 6 heteroatoms. The average molecular weight is 480 g/mol. The summed E-state index contributed by atoms with van der Waals surface area (Å²) in [4.78, 5) is 8.77. The lowest BCUT2D eigenvalue weighted by Crippen LogP contribution is -2.38. The van der Waals surface area contributed by atoms with Gasteiger partial charge in [-0.05, 0) is 44.2 Å². The number of rotatable bonds is 6. The van der Waals surface area contributed by atoms with Crippen LogP contribution < -0.4 is 15.4 Å². The van der Waals surface area contributed by atoms with Gasteiger partial charge in [-0.2, -0.15) is 0 Å². The van der Waals surface area contributed by atoms with Crippen LogP contribution >= 0.6 is 24.0 Å². The van der Waals surface area contributed by atoms with E-state index in [1.54, 1.807) is 13.2 Å². The fourth-order valence-electron chi connectivity index (χ4n) is 3.23. The van der Waals surface area contributed by atoms with Crippen molar-refractivity contribution in [1.82, 2.24) is 15.6 Å². The Labute approximate surface area is 179 Å². The Balaban J connectivity index is 0.00000261. The van der Waals surface area contributed by atoms with Crippen LogP contribution in [0.15, 0.2) is 53.7 Å². The van der Waals surface area contributed by atoms with Gasteiger partial charge in [0, 0.05) is 25.4 Å². The zero-order chi connectivity index (χ0) is 18.2. The van der Waals surface area contributed by atoms with Gasteiger partial charge in [0.05, 0.1) is 6.04 Å². The van der Waals surface area contributed by atoms with Gasteiger partial charge in [-0.1, -0.05) is 36.4 Å². The highest BCUT2D eigenvalue weighted by Crippen LogP contribution is 2.24. The molecule has 1 atom stereocenters. The molecule has 0 saturated heterocycles. The van der Waals surface area contributed by atoms with Crippen molar-refractivity contribution in [2.24, 2.45) is 4.99 Å². The standard InChI is InChI=1S/C21H28N4O.HI/c1-16(17-9-4-3-5-10-17)25-21(22-2)24-15-18-11-8-14-23-20(18)26-19-12-6-7-13-19;/h3-5,8-11,14,16,19H,6-7,12-13,15H2,1-2H3,(H2,22,24,25);1H. The number of nitrogens with one attached hydrogen (secondary N) is 2. The summed E-state index contributed by atoms with van der Waals surface area (Å²) in [5.74, 6) is 1.50. The molecule has 0 aliphatic heterocycles. The Morgan fingerprint density at radius 2 is 1.93 bits per heavy atom. The number of halogens is 1. The van der Waals surface area contributed by atoms with Gasteiger partial charge in [0.15, 0.2) is 5.96 Å². The number of guanidine groups is 1. The number of aromatic nitrogens is 1. The maximum atomic E-state index is 6.11. The van der Waals surface area contributed by atoms with Gasteiger partial charge in [-0.25, -0.2) is 4.98 Å². The number of hydrogen-bond donors (Lipinski definition) is 2. The van der Waals surface area contributed by atoms with E-state index in [4.69, 9.17) is 4.74 Å². The van der Waals surface area contributed by atoms with Crippen molar-refractivity contribution in [2.45, 2.75) is 51.3 Å². The lowest BCUT2D eigenvalue weighted by atomic mass is 10.1. The van der Waals surface area contributed by atoms with Gasteiger partial charge >= 0.3 is 0 Å². The summed E-state index contributed by atoms with van der Waals surface area (Å²) in [6.45, 7) is 2.75. The van der Waals surface area contributed by atoms with E-state index < -0.39 is 0 Å². The molecule has 2 N–H and O–H groups in total. The minimum absolute atomic E-state index is 0. The first kappa shape index (κ1) is 21.5. The first-order valence-electron chi connectivity index (χ1n) is 9.39. The molecule has 1 heterocycles. The molecule has 146 valence electrons. The molecule has 2 aromatic rings. The van der Waals surface area contributed by atoms with Crippen LogP contribution in [0.25, 0.3) is 0 Å². The first-order chi connectivity index (χ1) is 12.8. The lowest BCUT2D eigenvalue weighted by molar-refractivity contribution is 0.199. The van der Waals surface area contributed by atoms with Gasteiger partial charge in [0.25, 0.3) is 0 Å². The average Bonchev–Trinajstić information content (AvgIpc) is 3.20. The maximum absolute atomic E-state index is 6.11. The molecule has 1 fully saturated rings. The predicted molar refractivity (Wildman–Crippen MR) is 121 cm³/mol.